The number of carbonyl (C=O) groups excluding carboxylic acids is 1. The first-order valence-electron chi connectivity index (χ1n) is 9.20. The molecule has 3 aromatic rings. The largest absolute Gasteiger partial charge is 0.444 e. The molecule has 3 heterocycles. The maximum Gasteiger partial charge on any atom is 0.414 e. The van der Waals surface area contributed by atoms with E-state index in [-0.39, 0.29) is 24.6 Å². The highest BCUT2D eigenvalue weighted by Crippen LogP contribution is 2.29. The number of hydrogen-bond acceptors (Lipinski definition) is 4. The maximum atomic E-state index is 12.2. The number of anilines is 2. The molecule has 1 N–H and O–H groups in total. The van der Waals surface area contributed by atoms with Crippen LogP contribution in [0.3, 0.4) is 0 Å². The number of carbonyl (C=O) groups is 1. The lowest BCUT2D eigenvalue weighted by Gasteiger charge is -2.20. The van der Waals surface area contributed by atoms with Gasteiger partial charge in [-0.1, -0.05) is 12.1 Å². The van der Waals surface area contributed by atoms with Crippen LogP contribution in [0.1, 0.15) is 29.4 Å². The minimum Gasteiger partial charge on any atom is -0.444 e. The number of imidazole rings is 1. The van der Waals surface area contributed by atoms with E-state index in [9.17, 15) is 4.79 Å². The van der Waals surface area contributed by atoms with E-state index in [1.807, 2.05) is 44.3 Å². The second kappa shape index (κ2) is 7.72. The van der Waals surface area contributed by atoms with E-state index in [0.29, 0.717) is 13.1 Å². The van der Waals surface area contributed by atoms with E-state index in [4.69, 9.17) is 4.74 Å². The molecule has 1 amide bonds. The van der Waals surface area contributed by atoms with Crippen LogP contribution in [0.2, 0.25) is 0 Å². The van der Waals surface area contributed by atoms with E-state index in [1.54, 1.807) is 4.90 Å². The molecule has 148 valence electrons. The van der Waals surface area contributed by atoms with Gasteiger partial charge < -0.3 is 14.5 Å². The summed E-state index contributed by atoms with van der Waals surface area (Å²) in [4.78, 5) is 18.6. The molecule has 1 atom stereocenters. The summed E-state index contributed by atoms with van der Waals surface area (Å²) < 4.78 is 7.41. The van der Waals surface area contributed by atoms with Crippen LogP contribution >= 0.6 is 12.4 Å². The molecular formula is C21H25ClN4O2. The molecule has 0 saturated carbocycles. The molecule has 1 aliphatic heterocycles. The summed E-state index contributed by atoms with van der Waals surface area (Å²) in [7, 11) is 0. The summed E-state index contributed by atoms with van der Waals surface area (Å²) in [5.41, 5.74) is 7.17. The van der Waals surface area contributed by atoms with Crippen LogP contribution in [-0.2, 0) is 11.3 Å². The number of pyridine rings is 1. The highest BCUT2D eigenvalue weighted by molar-refractivity contribution is 5.91. The van der Waals surface area contributed by atoms with Crippen molar-refractivity contribution in [2.75, 3.05) is 16.8 Å². The van der Waals surface area contributed by atoms with Gasteiger partial charge in [0.15, 0.2) is 5.65 Å². The van der Waals surface area contributed by atoms with E-state index in [1.165, 1.54) is 0 Å². The van der Waals surface area contributed by atoms with Crippen molar-refractivity contribution >= 4 is 35.5 Å². The van der Waals surface area contributed by atoms with Crippen molar-refractivity contribution in [3.05, 3.63) is 59.0 Å². The summed E-state index contributed by atoms with van der Waals surface area (Å²) in [6, 6.07) is 10.1. The zero-order chi connectivity index (χ0) is 19.1. The van der Waals surface area contributed by atoms with Gasteiger partial charge in [0.2, 0.25) is 0 Å². The highest BCUT2D eigenvalue weighted by atomic mass is 35.5. The normalized spacial score (nSPS) is 16.2. The summed E-state index contributed by atoms with van der Waals surface area (Å²) in [5, 5.41) is 3.51. The Labute approximate surface area is 170 Å². The van der Waals surface area contributed by atoms with Gasteiger partial charge in [-0.05, 0) is 57.0 Å². The van der Waals surface area contributed by atoms with Crippen LogP contribution in [0.25, 0.3) is 5.65 Å². The van der Waals surface area contributed by atoms with Gasteiger partial charge >= 0.3 is 6.09 Å². The molecule has 1 saturated heterocycles. The summed E-state index contributed by atoms with van der Waals surface area (Å²) in [6.07, 6.45) is 1.65. The van der Waals surface area contributed by atoms with Crippen LogP contribution in [0, 0.1) is 20.8 Å². The van der Waals surface area contributed by atoms with Crippen molar-refractivity contribution in [1.82, 2.24) is 9.38 Å². The number of rotatable bonds is 4. The van der Waals surface area contributed by atoms with Gasteiger partial charge in [-0.2, -0.15) is 0 Å². The molecule has 1 aromatic carbocycles. The average Bonchev–Trinajstić information content (AvgIpc) is 3.13. The summed E-state index contributed by atoms with van der Waals surface area (Å²) in [5.74, 6) is 0. The number of halogens is 1. The Morgan fingerprint density at radius 1 is 1.21 bits per heavy atom. The minimum atomic E-state index is -0.282. The minimum absolute atomic E-state index is 0. The van der Waals surface area contributed by atoms with E-state index in [2.05, 4.69) is 34.6 Å². The van der Waals surface area contributed by atoms with Crippen molar-refractivity contribution in [3.8, 4) is 0 Å². The average molecular weight is 401 g/mol. The third-order valence-electron chi connectivity index (χ3n) is 5.22. The van der Waals surface area contributed by atoms with Crippen molar-refractivity contribution in [3.63, 3.8) is 0 Å². The number of aryl methyl sites for hydroxylation is 3. The maximum absolute atomic E-state index is 12.2. The molecular weight excluding hydrogens is 376 g/mol. The van der Waals surface area contributed by atoms with E-state index in [0.717, 1.165) is 39.5 Å². The number of cyclic esters (lactones) is 1. The lowest BCUT2D eigenvalue weighted by Crippen LogP contribution is -2.26. The Kier molecular flexibility index (Phi) is 5.52. The first-order chi connectivity index (χ1) is 13.0. The predicted octanol–water partition coefficient (Wildman–Crippen LogP) is 4.64. The van der Waals surface area contributed by atoms with Gasteiger partial charge in [-0.15, -0.1) is 12.4 Å². The first-order valence-corrected chi connectivity index (χ1v) is 9.20. The fourth-order valence-electron chi connectivity index (χ4n) is 3.59. The zero-order valence-electron chi connectivity index (χ0n) is 16.5. The third-order valence-corrected chi connectivity index (χ3v) is 5.22. The van der Waals surface area contributed by atoms with Crippen molar-refractivity contribution < 1.29 is 9.53 Å². The molecule has 1 aliphatic rings. The van der Waals surface area contributed by atoms with Crippen LogP contribution in [0.5, 0.6) is 0 Å². The Balaban J connectivity index is 0.00000225. The summed E-state index contributed by atoms with van der Waals surface area (Å²) >= 11 is 0. The molecule has 2 aromatic heterocycles. The summed E-state index contributed by atoms with van der Waals surface area (Å²) in [6.45, 7) is 9.24. The van der Waals surface area contributed by atoms with E-state index >= 15 is 0 Å². The van der Waals surface area contributed by atoms with Crippen molar-refractivity contribution in [2.24, 2.45) is 0 Å². The number of benzene rings is 1. The number of hydrogen-bond donors (Lipinski definition) is 1. The van der Waals surface area contributed by atoms with Gasteiger partial charge in [-0.3, -0.25) is 4.90 Å². The topological polar surface area (TPSA) is 58.9 Å². The number of nitrogens with one attached hydrogen (secondary N) is 1. The Morgan fingerprint density at radius 2 is 2.00 bits per heavy atom. The quantitative estimate of drug-likeness (QED) is 0.693. The van der Waals surface area contributed by atoms with Gasteiger partial charge in [0.25, 0.3) is 0 Å². The highest BCUT2D eigenvalue weighted by Gasteiger charge is 2.31. The monoisotopic (exact) mass is 400 g/mol. The van der Waals surface area contributed by atoms with Crippen LogP contribution in [0.4, 0.5) is 16.2 Å². The number of nitrogens with zero attached hydrogens (tertiary/aromatic N) is 3. The van der Waals surface area contributed by atoms with Crippen LogP contribution in [-0.4, -0.2) is 28.1 Å². The Bertz CT molecular complexity index is 1030. The standard InChI is InChI=1S/C21H24N4O2.ClH/c1-13-7-5-9-19(25-12-14(2)27-21(25)26)17(13)11-22-18-8-6-10-24-16(4)15(3)23-20(18)24;/h5-10,14,22H,11-12H2,1-4H3;1H. The number of ether oxygens (including phenoxy) is 1. The molecule has 28 heavy (non-hydrogen) atoms. The van der Waals surface area contributed by atoms with Crippen molar-refractivity contribution in [1.29, 1.82) is 0 Å². The molecule has 0 spiro atoms. The molecule has 0 radical (unpaired) electrons. The van der Waals surface area contributed by atoms with Gasteiger partial charge in [0.1, 0.15) is 6.10 Å². The zero-order valence-corrected chi connectivity index (χ0v) is 17.3. The molecule has 6 nitrogen and oxygen atoms in total. The van der Waals surface area contributed by atoms with Gasteiger partial charge in [0, 0.05) is 18.4 Å². The predicted molar refractivity (Wildman–Crippen MR) is 114 cm³/mol. The Morgan fingerprint density at radius 3 is 2.71 bits per heavy atom. The second-order valence-electron chi connectivity index (χ2n) is 7.13. The van der Waals surface area contributed by atoms with Gasteiger partial charge in [0.05, 0.1) is 23.6 Å². The SMILES string of the molecule is Cc1cccc(N2CC(C)OC2=O)c1CNc1cccn2c(C)c(C)nc12.Cl. The first kappa shape index (κ1) is 20.0. The fourth-order valence-corrected chi connectivity index (χ4v) is 3.59. The van der Waals surface area contributed by atoms with Crippen LogP contribution in [0.15, 0.2) is 36.5 Å². The second-order valence-corrected chi connectivity index (χ2v) is 7.13. The number of amides is 1. The molecule has 0 aliphatic carbocycles. The molecule has 4 rings (SSSR count). The number of aromatic nitrogens is 2. The molecule has 1 unspecified atom stereocenters. The van der Waals surface area contributed by atoms with E-state index < -0.39 is 0 Å². The number of fused-ring (bicyclic) bond motifs is 1. The molecule has 0 bridgehead atoms. The van der Waals surface area contributed by atoms with Crippen LogP contribution < -0.4 is 10.2 Å². The third kappa shape index (κ3) is 3.40. The lowest BCUT2D eigenvalue weighted by atomic mass is 10.1. The molecule has 7 heteroatoms. The molecule has 1 fully saturated rings. The van der Waals surface area contributed by atoms with Gasteiger partial charge in [-0.25, -0.2) is 9.78 Å². The fraction of sp³-hybridized carbons (Fsp3) is 0.333. The lowest BCUT2D eigenvalue weighted by molar-refractivity contribution is 0.150. The van der Waals surface area contributed by atoms with Crippen molar-refractivity contribution in [2.45, 2.75) is 40.3 Å². The Hall–Kier alpha value is -2.73. The smallest absolute Gasteiger partial charge is 0.414 e.